The Kier molecular flexibility index (Phi) is 4.65. The van der Waals surface area contributed by atoms with Gasteiger partial charge < -0.3 is 0 Å². The van der Waals surface area contributed by atoms with Crippen molar-refractivity contribution in [3.63, 3.8) is 0 Å². The van der Waals surface area contributed by atoms with Crippen LogP contribution in [0, 0.1) is 11.8 Å². The molecule has 0 saturated heterocycles. The van der Waals surface area contributed by atoms with Gasteiger partial charge in [0, 0.05) is 0 Å². The molecule has 0 atom stereocenters. The molecule has 0 radical (unpaired) electrons. The minimum absolute atomic E-state index is 0.321. The molecular weight excluding hydrogens is 355 g/mol. The lowest BCUT2D eigenvalue weighted by molar-refractivity contribution is 0.986. The van der Waals surface area contributed by atoms with Crippen molar-refractivity contribution in [2.24, 2.45) is 0 Å². The van der Waals surface area contributed by atoms with Gasteiger partial charge in [-0.05, 0) is 16.3 Å². The third-order valence-corrected chi connectivity index (χ3v) is 8.13. The van der Waals surface area contributed by atoms with Crippen LogP contribution in [0.2, 0.25) is 0 Å². The summed E-state index contributed by atoms with van der Waals surface area (Å²) in [5.41, 5.74) is 2.97. The van der Waals surface area contributed by atoms with Crippen LogP contribution in [0.25, 0.3) is 0 Å². The lowest BCUT2D eigenvalue weighted by Crippen LogP contribution is -2.32. The van der Waals surface area contributed by atoms with Crippen molar-refractivity contribution in [3.05, 3.63) is 144 Å². The molecule has 3 aliphatic carbocycles. The number of hydrogen-bond acceptors (Lipinski definition) is 0. The molecule has 1 heteroatoms. The first-order valence-corrected chi connectivity index (χ1v) is 11.1. The molecule has 0 unspecified atom stereocenters. The number of hydrogen-bond donors (Lipinski definition) is 0. The Morgan fingerprint density at radius 1 is 0.571 bits per heavy atom. The minimum atomic E-state index is -0.599. The Bertz CT molecular complexity index is 935. The average molecular weight is 376 g/mol. The molecule has 28 heavy (non-hydrogen) atoms. The molecule has 0 N–H and O–H groups in total. The molecule has 0 fully saturated rings. The maximum absolute atomic E-state index is 2.31. The number of rotatable bonds is 3. The van der Waals surface area contributed by atoms with Crippen LogP contribution >= 0.6 is 7.92 Å². The molecule has 2 aromatic rings. The molecule has 0 nitrogen and oxygen atoms in total. The highest BCUT2D eigenvalue weighted by Gasteiger charge is 2.32. The summed E-state index contributed by atoms with van der Waals surface area (Å²) in [7, 11) is -0.599. The number of allylic oxidation sites excluding steroid dienone is 12. The largest absolute Gasteiger partial charge is 0.177 e. The van der Waals surface area contributed by atoms with Gasteiger partial charge in [-0.1, -0.05) is 68.6 Å². The van der Waals surface area contributed by atoms with E-state index in [2.05, 4.69) is 121 Å². The first-order valence-electron chi connectivity index (χ1n) is 9.67. The summed E-state index contributed by atoms with van der Waals surface area (Å²) in [6.45, 7) is 0. The Labute approximate surface area is 168 Å². The first kappa shape index (κ1) is 17.2. The molecule has 0 spiro atoms. The summed E-state index contributed by atoms with van der Waals surface area (Å²) in [5, 5.41) is 2.83. The Morgan fingerprint density at radius 3 is 1.50 bits per heavy atom. The van der Waals surface area contributed by atoms with Gasteiger partial charge in [-0.3, -0.25) is 0 Å². The normalized spacial score (nSPS) is 17.9. The van der Waals surface area contributed by atoms with E-state index in [0.29, 0.717) is 5.66 Å². The average Bonchev–Trinajstić information content (AvgIpc) is 2.93. The molecule has 136 valence electrons. The van der Waals surface area contributed by atoms with Crippen molar-refractivity contribution in [1.29, 1.82) is 0 Å². The van der Waals surface area contributed by atoms with Crippen LogP contribution in [0.4, 0.5) is 0 Å². The van der Waals surface area contributed by atoms with Gasteiger partial charge in [-0.25, -0.2) is 0 Å². The summed E-state index contributed by atoms with van der Waals surface area (Å²) < 4.78 is 0. The predicted octanol–water partition coefficient (Wildman–Crippen LogP) is 5.76. The lowest BCUT2D eigenvalue weighted by atomic mass is 9.83. The fraction of sp³-hybridized carbons (Fsp3) is 0.0370. The van der Waals surface area contributed by atoms with Crippen molar-refractivity contribution < 1.29 is 0 Å². The summed E-state index contributed by atoms with van der Waals surface area (Å²) >= 11 is 0. The van der Waals surface area contributed by atoms with Crippen molar-refractivity contribution in [1.82, 2.24) is 0 Å². The van der Waals surface area contributed by atoms with E-state index in [1.807, 2.05) is 0 Å². The third kappa shape index (κ3) is 3.11. The van der Waals surface area contributed by atoms with Gasteiger partial charge in [-0.2, -0.15) is 23.3 Å². The van der Waals surface area contributed by atoms with Crippen molar-refractivity contribution in [3.8, 4) is 0 Å². The smallest absolute Gasteiger partial charge is 0.0201 e. The van der Waals surface area contributed by atoms with Gasteiger partial charge in [0.2, 0.25) is 0 Å². The first-order chi connectivity index (χ1) is 13.9. The van der Waals surface area contributed by atoms with E-state index in [4.69, 9.17) is 0 Å². The van der Waals surface area contributed by atoms with Crippen molar-refractivity contribution >= 4 is 18.5 Å². The Balaban J connectivity index is 1.71. The highest BCUT2D eigenvalue weighted by atomic mass is 31.1. The summed E-state index contributed by atoms with van der Waals surface area (Å²) in [5.74, 6) is 2.84. The monoisotopic (exact) mass is 376 g/mol. The van der Waals surface area contributed by atoms with Crippen molar-refractivity contribution in [2.75, 3.05) is 0 Å². The van der Waals surface area contributed by atoms with E-state index >= 15 is 0 Å². The zero-order chi connectivity index (χ0) is 18.8. The third-order valence-electron chi connectivity index (χ3n) is 5.35. The van der Waals surface area contributed by atoms with Crippen molar-refractivity contribution in [2.45, 2.75) is 5.66 Å². The predicted molar refractivity (Wildman–Crippen MR) is 122 cm³/mol. The highest BCUT2D eigenvalue weighted by molar-refractivity contribution is 7.74. The minimum Gasteiger partial charge on any atom is -0.177 e. The highest BCUT2D eigenvalue weighted by Crippen LogP contribution is 2.54. The van der Waals surface area contributed by atoms with E-state index in [0.717, 1.165) is 0 Å². The molecule has 0 bridgehead atoms. The van der Waals surface area contributed by atoms with Gasteiger partial charge in [0.25, 0.3) is 0 Å². The number of fused-ring (bicyclic) bond motifs is 2. The lowest BCUT2D eigenvalue weighted by Gasteiger charge is -2.46. The second-order valence-electron chi connectivity index (χ2n) is 7.03. The van der Waals surface area contributed by atoms with Gasteiger partial charge in [0.15, 0.2) is 0 Å². The van der Waals surface area contributed by atoms with Gasteiger partial charge in [-0.15, -0.1) is 60.4 Å². The number of benzene rings is 2. The van der Waals surface area contributed by atoms with Crippen LogP contribution in [0.15, 0.2) is 133 Å². The summed E-state index contributed by atoms with van der Waals surface area (Å²) in [6, 6.07) is 22.1. The van der Waals surface area contributed by atoms with E-state index in [1.54, 1.807) is 0 Å². The molecule has 0 amide bonds. The Hall–Kier alpha value is -2.95. The van der Waals surface area contributed by atoms with Crippen LogP contribution in [0.5, 0.6) is 0 Å². The summed E-state index contributed by atoms with van der Waals surface area (Å²) in [4.78, 5) is 0. The Morgan fingerprint density at radius 2 is 1.04 bits per heavy atom. The van der Waals surface area contributed by atoms with Gasteiger partial charge in [0.05, 0.1) is 0 Å². The van der Waals surface area contributed by atoms with Gasteiger partial charge in [0.1, 0.15) is 0 Å². The second-order valence-corrected chi connectivity index (χ2v) is 9.32. The van der Waals surface area contributed by atoms with Crippen LogP contribution in [0.1, 0.15) is 0 Å². The molecular formula is C27H21P-2. The zero-order valence-corrected chi connectivity index (χ0v) is 16.5. The van der Waals surface area contributed by atoms with Crippen LogP contribution in [0.3, 0.4) is 0 Å². The van der Waals surface area contributed by atoms with Crippen LogP contribution in [-0.4, -0.2) is 5.66 Å². The van der Waals surface area contributed by atoms with E-state index in [-0.39, 0.29) is 0 Å². The fourth-order valence-corrected chi connectivity index (χ4v) is 6.98. The molecule has 0 aromatic heterocycles. The maximum atomic E-state index is 2.31. The molecule has 0 heterocycles. The molecule has 0 aliphatic heterocycles. The summed E-state index contributed by atoms with van der Waals surface area (Å²) in [6.07, 6.45) is 22.3. The molecule has 0 saturated carbocycles. The van der Waals surface area contributed by atoms with E-state index in [9.17, 15) is 0 Å². The topological polar surface area (TPSA) is 0 Å². The fourth-order valence-electron chi connectivity index (χ4n) is 4.07. The second kappa shape index (κ2) is 7.58. The van der Waals surface area contributed by atoms with E-state index < -0.39 is 7.92 Å². The quantitative estimate of drug-likeness (QED) is 0.472. The zero-order valence-electron chi connectivity index (χ0n) is 15.6. The van der Waals surface area contributed by atoms with Gasteiger partial charge >= 0.3 is 0 Å². The molecule has 3 aliphatic rings. The SMILES string of the molecule is C1=CC2=CC=C3C=CC=C[C-]3C(P(c3ccccc3)c3ccccc3)[C-]2C=C1. The van der Waals surface area contributed by atoms with E-state index in [1.165, 1.54) is 33.6 Å². The standard InChI is InChI=1S/C27H21P/c1-3-13-23(14-4-1)28(24-15-5-2-6-16-24)27-25-17-9-7-11-21(25)19-20-22-12-8-10-18-26(22)27/h1-20,27H/q-2. The molecule has 5 rings (SSSR count). The van der Waals surface area contributed by atoms with Crippen LogP contribution < -0.4 is 10.6 Å². The van der Waals surface area contributed by atoms with Crippen LogP contribution in [-0.2, 0) is 0 Å². The molecule has 2 aromatic carbocycles. The maximum Gasteiger partial charge on any atom is -0.0201 e.